The lowest BCUT2D eigenvalue weighted by atomic mass is 9.66. The molecule has 0 spiro atoms. The van der Waals surface area contributed by atoms with Gasteiger partial charge in [0.25, 0.3) is 0 Å². The molecule has 0 aromatic carbocycles. The third-order valence-corrected chi connectivity index (χ3v) is 6.20. The summed E-state index contributed by atoms with van der Waals surface area (Å²) < 4.78 is 0. The van der Waals surface area contributed by atoms with Gasteiger partial charge in [0.05, 0.1) is 0 Å². The first kappa shape index (κ1) is 16.1. The van der Waals surface area contributed by atoms with Crippen molar-refractivity contribution < 1.29 is 0 Å². The van der Waals surface area contributed by atoms with Crippen LogP contribution < -0.4 is 0 Å². The number of rotatable bonds is 7. The zero-order valence-corrected chi connectivity index (χ0v) is 14.1. The maximum atomic E-state index is 2.52. The van der Waals surface area contributed by atoms with Gasteiger partial charge in [-0.2, -0.15) is 0 Å². The number of hydrogen-bond acceptors (Lipinski definition) is 0. The molecule has 0 amide bonds. The lowest BCUT2D eigenvalue weighted by Crippen LogP contribution is -2.30. The fourth-order valence-corrected chi connectivity index (χ4v) is 3.86. The van der Waals surface area contributed by atoms with Crippen LogP contribution in [0.15, 0.2) is 0 Å². The molecule has 0 bridgehead atoms. The van der Waals surface area contributed by atoms with Gasteiger partial charge < -0.3 is 0 Å². The molecule has 4 atom stereocenters. The quantitative estimate of drug-likeness (QED) is 0.509. The Kier molecular flexibility index (Phi) is 4.95. The summed E-state index contributed by atoms with van der Waals surface area (Å²) >= 11 is 0. The third-order valence-electron chi connectivity index (χ3n) is 6.20. The van der Waals surface area contributed by atoms with E-state index in [1.165, 1.54) is 25.7 Å². The van der Waals surface area contributed by atoms with Crippen molar-refractivity contribution in [3.8, 4) is 0 Å². The minimum Gasteiger partial charge on any atom is -0.0651 e. The summed E-state index contributed by atoms with van der Waals surface area (Å²) in [5.41, 5.74) is 1.12. The maximum absolute atomic E-state index is 2.52. The summed E-state index contributed by atoms with van der Waals surface area (Å²) in [6.45, 7) is 19.6. The summed E-state index contributed by atoms with van der Waals surface area (Å²) in [5.74, 6) is 3.56. The van der Waals surface area contributed by atoms with Gasteiger partial charge in [-0.15, -0.1) is 0 Å². The highest BCUT2D eigenvalue weighted by Gasteiger charge is 2.56. The first-order valence-corrected chi connectivity index (χ1v) is 8.14. The van der Waals surface area contributed by atoms with Crippen LogP contribution in [0.3, 0.4) is 0 Å². The van der Waals surface area contributed by atoms with Crippen LogP contribution in [0.5, 0.6) is 0 Å². The highest BCUT2D eigenvalue weighted by atomic mass is 14.6. The molecule has 1 aliphatic rings. The summed E-state index contributed by atoms with van der Waals surface area (Å²) in [5, 5.41) is 0. The second-order valence-electron chi connectivity index (χ2n) is 8.39. The normalized spacial score (nSPS) is 31.5. The predicted molar refractivity (Wildman–Crippen MR) is 82.7 cm³/mol. The lowest BCUT2D eigenvalue weighted by molar-refractivity contribution is 0.108. The van der Waals surface area contributed by atoms with Gasteiger partial charge in [0.15, 0.2) is 0 Å². The van der Waals surface area contributed by atoms with E-state index in [-0.39, 0.29) is 0 Å². The molecule has 0 heteroatoms. The van der Waals surface area contributed by atoms with Gasteiger partial charge in [0.2, 0.25) is 0 Å². The zero-order valence-electron chi connectivity index (χ0n) is 14.1. The third kappa shape index (κ3) is 3.31. The molecule has 1 rings (SSSR count). The minimum absolute atomic E-state index is 0.509. The van der Waals surface area contributed by atoms with E-state index in [2.05, 4.69) is 55.4 Å². The van der Waals surface area contributed by atoms with E-state index in [1.807, 2.05) is 0 Å². The van der Waals surface area contributed by atoms with E-state index in [9.17, 15) is 0 Å². The Hall–Kier alpha value is 0. The topological polar surface area (TPSA) is 0 Å². The van der Waals surface area contributed by atoms with E-state index in [1.54, 1.807) is 0 Å². The largest absolute Gasteiger partial charge is 0.0651 e. The van der Waals surface area contributed by atoms with E-state index in [0.717, 1.165) is 23.7 Å². The van der Waals surface area contributed by atoms with Gasteiger partial charge in [-0.3, -0.25) is 0 Å². The summed E-state index contributed by atoms with van der Waals surface area (Å²) in [7, 11) is 0. The van der Waals surface area contributed by atoms with Crippen molar-refractivity contribution in [2.24, 2.45) is 34.5 Å². The second-order valence-corrected chi connectivity index (χ2v) is 8.39. The second kappa shape index (κ2) is 5.55. The fraction of sp³-hybridized carbons (Fsp3) is 1.00. The van der Waals surface area contributed by atoms with Crippen LogP contribution in [0.2, 0.25) is 0 Å². The molecule has 1 aliphatic carbocycles. The molecule has 0 heterocycles. The SMILES string of the molecule is CCC(C)C(CC(C)C)CC(C)(C)C1(C)CC1C. The Labute approximate surface area is 116 Å². The van der Waals surface area contributed by atoms with Gasteiger partial charge in [-0.25, -0.2) is 0 Å². The summed E-state index contributed by atoms with van der Waals surface area (Å²) in [4.78, 5) is 0. The van der Waals surface area contributed by atoms with Crippen LogP contribution in [-0.2, 0) is 0 Å². The zero-order chi connectivity index (χ0) is 14.1. The van der Waals surface area contributed by atoms with E-state index in [4.69, 9.17) is 0 Å². The molecule has 0 aromatic heterocycles. The molecule has 0 aliphatic heterocycles. The minimum atomic E-state index is 0.509. The highest BCUT2D eigenvalue weighted by molar-refractivity contribution is 5.05. The van der Waals surface area contributed by atoms with Crippen LogP contribution in [0, 0.1) is 34.5 Å². The maximum Gasteiger partial charge on any atom is -0.0246 e. The first-order valence-electron chi connectivity index (χ1n) is 8.14. The molecule has 1 fully saturated rings. The van der Waals surface area contributed by atoms with Crippen molar-refractivity contribution in [3.63, 3.8) is 0 Å². The van der Waals surface area contributed by atoms with Crippen molar-refractivity contribution >= 4 is 0 Å². The molecule has 1 saturated carbocycles. The van der Waals surface area contributed by atoms with E-state index >= 15 is 0 Å². The molecule has 0 aromatic rings. The smallest absolute Gasteiger partial charge is 0.0246 e. The van der Waals surface area contributed by atoms with Crippen LogP contribution in [0.1, 0.15) is 81.1 Å². The Bertz CT molecular complexity index is 263. The van der Waals surface area contributed by atoms with Gasteiger partial charge in [0.1, 0.15) is 0 Å². The molecule has 18 heavy (non-hydrogen) atoms. The Morgan fingerprint density at radius 1 is 1.22 bits per heavy atom. The molecular formula is C18H36. The first-order chi connectivity index (χ1) is 8.14. The average molecular weight is 252 g/mol. The van der Waals surface area contributed by atoms with E-state index < -0.39 is 0 Å². The number of hydrogen-bond donors (Lipinski definition) is 0. The van der Waals surface area contributed by atoms with Gasteiger partial charge in [-0.1, -0.05) is 61.8 Å². The van der Waals surface area contributed by atoms with Crippen molar-refractivity contribution in [3.05, 3.63) is 0 Å². The molecule has 0 N–H and O–H groups in total. The molecule has 108 valence electrons. The average Bonchev–Trinajstić information content (AvgIpc) is 2.86. The standard InChI is InChI=1S/C18H36/c1-9-14(4)16(10-13(2)3)12-17(6,7)18(8)11-15(18)5/h13-16H,9-12H2,1-8H3. The Balaban J connectivity index is 2.70. The summed E-state index contributed by atoms with van der Waals surface area (Å²) in [6.07, 6.45) is 5.60. The van der Waals surface area contributed by atoms with Crippen LogP contribution >= 0.6 is 0 Å². The monoisotopic (exact) mass is 252 g/mol. The van der Waals surface area contributed by atoms with Gasteiger partial charge in [-0.05, 0) is 53.8 Å². The van der Waals surface area contributed by atoms with Gasteiger partial charge in [0, 0.05) is 0 Å². The molecular weight excluding hydrogens is 216 g/mol. The Morgan fingerprint density at radius 3 is 2.06 bits per heavy atom. The molecule has 4 unspecified atom stereocenters. The van der Waals surface area contributed by atoms with E-state index in [0.29, 0.717) is 10.8 Å². The van der Waals surface area contributed by atoms with Crippen molar-refractivity contribution in [2.45, 2.75) is 81.1 Å². The highest BCUT2D eigenvalue weighted by Crippen LogP contribution is 2.65. The van der Waals surface area contributed by atoms with Crippen LogP contribution in [0.25, 0.3) is 0 Å². The lowest BCUT2D eigenvalue weighted by Gasteiger charge is -2.39. The van der Waals surface area contributed by atoms with Crippen LogP contribution in [0.4, 0.5) is 0 Å². The molecule has 0 nitrogen and oxygen atoms in total. The van der Waals surface area contributed by atoms with Crippen LogP contribution in [-0.4, -0.2) is 0 Å². The summed E-state index contributed by atoms with van der Waals surface area (Å²) in [6, 6.07) is 0. The predicted octanol–water partition coefficient (Wildman–Crippen LogP) is 6.16. The van der Waals surface area contributed by atoms with Gasteiger partial charge >= 0.3 is 0 Å². The Morgan fingerprint density at radius 2 is 1.72 bits per heavy atom. The van der Waals surface area contributed by atoms with Crippen molar-refractivity contribution in [1.29, 1.82) is 0 Å². The fourth-order valence-electron chi connectivity index (χ4n) is 3.86. The molecule has 0 saturated heterocycles. The van der Waals surface area contributed by atoms with Crippen molar-refractivity contribution in [1.82, 2.24) is 0 Å². The van der Waals surface area contributed by atoms with Crippen molar-refractivity contribution in [2.75, 3.05) is 0 Å². The molecule has 0 radical (unpaired) electrons.